The summed E-state index contributed by atoms with van der Waals surface area (Å²) in [5.41, 5.74) is 1.76. The zero-order chi connectivity index (χ0) is 20.2. The van der Waals surface area contributed by atoms with Crippen LogP contribution in [0.5, 0.6) is 0 Å². The minimum atomic E-state index is -0.289. The number of amides is 3. The molecule has 0 atom stereocenters. The number of thiazole rings is 1. The lowest BCUT2D eigenvalue weighted by Crippen LogP contribution is -2.32. The van der Waals surface area contributed by atoms with Crippen LogP contribution >= 0.6 is 11.3 Å². The van der Waals surface area contributed by atoms with Crippen molar-refractivity contribution in [3.63, 3.8) is 0 Å². The number of nitrogens with zero attached hydrogens (tertiary/aromatic N) is 4. The smallest absolute Gasteiger partial charge is 0.261 e. The molecule has 0 fully saturated rings. The SMILES string of the molecule is O=C(CCCN1C(=O)c2ccccc2C1=O)NCCc1csc(-n2cccn2)n1. The molecule has 1 N–H and O–H groups in total. The Balaban J connectivity index is 1.19. The summed E-state index contributed by atoms with van der Waals surface area (Å²) >= 11 is 1.50. The highest BCUT2D eigenvalue weighted by Crippen LogP contribution is 2.22. The van der Waals surface area contributed by atoms with Crippen molar-refractivity contribution in [3.05, 3.63) is 64.9 Å². The second-order valence-corrected chi connectivity index (χ2v) is 7.42. The minimum absolute atomic E-state index is 0.107. The third-order valence-electron chi connectivity index (χ3n) is 4.61. The molecule has 0 saturated heterocycles. The van der Waals surface area contributed by atoms with Gasteiger partial charge >= 0.3 is 0 Å². The van der Waals surface area contributed by atoms with Gasteiger partial charge in [0.2, 0.25) is 11.0 Å². The van der Waals surface area contributed by atoms with E-state index >= 15 is 0 Å². The number of aromatic nitrogens is 3. The van der Waals surface area contributed by atoms with Gasteiger partial charge < -0.3 is 5.32 Å². The first-order valence-corrected chi connectivity index (χ1v) is 10.2. The fourth-order valence-corrected chi connectivity index (χ4v) is 3.95. The van der Waals surface area contributed by atoms with Gasteiger partial charge in [-0.05, 0) is 24.6 Å². The number of carbonyl (C=O) groups excluding carboxylic acids is 3. The minimum Gasteiger partial charge on any atom is -0.356 e. The zero-order valence-electron chi connectivity index (χ0n) is 15.6. The summed E-state index contributed by atoms with van der Waals surface area (Å²) in [7, 11) is 0. The Labute approximate surface area is 171 Å². The third-order valence-corrected chi connectivity index (χ3v) is 5.49. The van der Waals surface area contributed by atoms with Crippen molar-refractivity contribution in [1.29, 1.82) is 0 Å². The molecule has 29 heavy (non-hydrogen) atoms. The van der Waals surface area contributed by atoms with Gasteiger partial charge in [0, 0.05) is 43.7 Å². The Morgan fingerprint density at radius 3 is 2.55 bits per heavy atom. The van der Waals surface area contributed by atoms with Crippen LogP contribution in [-0.2, 0) is 11.2 Å². The van der Waals surface area contributed by atoms with Crippen molar-refractivity contribution in [2.75, 3.05) is 13.1 Å². The molecule has 1 aliphatic heterocycles. The van der Waals surface area contributed by atoms with Gasteiger partial charge in [0.25, 0.3) is 11.8 Å². The zero-order valence-corrected chi connectivity index (χ0v) is 16.4. The van der Waals surface area contributed by atoms with Gasteiger partial charge in [0.1, 0.15) is 0 Å². The first kappa shape index (κ1) is 19.0. The van der Waals surface area contributed by atoms with Crippen molar-refractivity contribution >= 4 is 29.1 Å². The highest BCUT2D eigenvalue weighted by Gasteiger charge is 2.34. The van der Waals surface area contributed by atoms with Crippen LogP contribution in [0.4, 0.5) is 0 Å². The molecule has 0 spiro atoms. The molecule has 4 rings (SSSR count). The summed E-state index contributed by atoms with van der Waals surface area (Å²) in [5, 5.41) is 9.74. The lowest BCUT2D eigenvalue weighted by atomic mass is 10.1. The molecule has 148 valence electrons. The average Bonchev–Trinajstić information content (AvgIpc) is 3.46. The summed E-state index contributed by atoms with van der Waals surface area (Å²) in [5.74, 6) is -0.686. The molecule has 9 heteroatoms. The standard InChI is InChI=1S/C20H19N5O3S/c26-17(21-10-8-14-13-29-20(23-14)25-12-4-9-22-25)7-3-11-24-18(27)15-5-1-2-6-16(15)19(24)28/h1-2,4-6,9,12-13H,3,7-8,10-11H2,(H,21,26). The molecule has 3 amide bonds. The van der Waals surface area contributed by atoms with Crippen LogP contribution in [0.3, 0.4) is 0 Å². The summed E-state index contributed by atoms with van der Waals surface area (Å²) < 4.78 is 1.70. The Morgan fingerprint density at radius 2 is 1.86 bits per heavy atom. The molecule has 0 aliphatic carbocycles. The largest absolute Gasteiger partial charge is 0.356 e. The van der Waals surface area contributed by atoms with Crippen molar-refractivity contribution < 1.29 is 14.4 Å². The van der Waals surface area contributed by atoms with E-state index < -0.39 is 0 Å². The predicted molar refractivity (Wildman–Crippen MR) is 107 cm³/mol. The topological polar surface area (TPSA) is 97.2 Å². The van der Waals surface area contributed by atoms with Crippen molar-refractivity contribution in [2.24, 2.45) is 0 Å². The molecule has 2 aromatic heterocycles. The van der Waals surface area contributed by atoms with Gasteiger partial charge in [-0.15, -0.1) is 11.3 Å². The number of fused-ring (bicyclic) bond motifs is 1. The molecule has 3 aromatic rings. The van der Waals surface area contributed by atoms with E-state index in [1.165, 1.54) is 16.2 Å². The molecule has 8 nitrogen and oxygen atoms in total. The Bertz CT molecular complexity index is 1010. The van der Waals surface area contributed by atoms with E-state index in [4.69, 9.17) is 0 Å². The lowest BCUT2D eigenvalue weighted by molar-refractivity contribution is -0.121. The van der Waals surface area contributed by atoms with E-state index in [9.17, 15) is 14.4 Å². The number of imide groups is 1. The van der Waals surface area contributed by atoms with E-state index in [0.29, 0.717) is 30.5 Å². The van der Waals surface area contributed by atoms with Crippen molar-refractivity contribution in [2.45, 2.75) is 19.3 Å². The maximum absolute atomic E-state index is 12.3. The predicted octanol–water partition coefficient (Wildman–Crippen LogP) is 2.06. The summed E-state index contributed by atoms with van der Waals surface area (Å²) in [6.07, 6.45) is 4.84. The van der Waals surface area contributed by atoms with Gasteiger partial charge in [0.05, 0.1) is 16.8 Å². The van der Waals surface area contributed by atoms with Gasteiger partial charge in [-0.3, -0.25) is 19.3 Å². The van der Waals surface area contributed by atoms with Gasteiger partial charge in [-0.1, -0.05) is 12.1 Å². The van der Waals surface area contributed by atoms with E-state index in [1.807, 2.05) is 17.6 Å². The summed E-state index contributed by atoms with van der Waals surface area (Å²) in [4.78, 5) is 42.3. The van der Waals surface area contributed by atoms with Crippen molar-refractivity contribution in [3.8, 4) is 5.13 Å². The number of hydrogen-bond donors (Lipinski definition) is 1. The van der Waals surface area contributed by atoms with E-state index in [1.54, 1.807) is 35.1 Å². The number of carbonyl (C=O) groups is 3. The van der Waals surface area contributed by atoms with Crippen LogP contribution in [0.2, 0.25) is 0 Å². The first-order chi connectivity index (χ1) is 14.1. The van der Waals surface area contributed by atoms with E-state index in [2.05, 4.69) is 15.4 Å². The number of rotatable bonds is 8. The van der Waals surface area contributed by atoms with Crippen molar-refractivity contribution in [1.82, 2.24) is 25.0 Å². The van der Waals surface area contributed by atoms with E-state index in [0.717, 1.165) is 10.8 Å². The van der Waals surface area contributed by atoms with Crippen LogP contribution in [-0.4, -0.2) is 50.5 Å². The van der Waals surface area contributed by atoms with Crippen LogP contribution < -0.4 is 5.32 Å². The Kier molecular flexibility index (Phi) is 5.48. The number of nitrogens with one attached hydrogen (secondary N) is 1. The highest BCUT2D eigenvalue weighted by atomic mass is 32.1. The third kappa shape index (κ3) is 4.09. The Hall–Kier alpha value is -3.33. The fourth-order valence-electron chi connectivity index (χ4n) is 3.16. The van der Waals surface area contributed by atoms with Gasteiger partial charge in [0.15, 0.2) is 0 Å². The fraction of sp³-hybridized carbons (Fsp3) is 0.250. The van der Waals surface area contributed by atoms with E-state index in [-0.39, 0.29) is 30.7 Å². The number of benzene rings is 1. The molecule has 1 aromatic carbocycles. The second-order valence-electron chi connectivity index (χ2n) is 6.58. The first-order valence-electron chi connectivity index (χ1n) is 9.30. The summed E-state index contributed by atoms with van der Waals surface area (Å²) in [6, 6.07) is 8.61. The molecule has 0 saturated carbocycles. The monoisotopic (exact) mass is 409 g/mol. The Morgan fingerprint density at radius 1 is 1.10 bits per heavy atom. The lowest BCUT2D eigenvalue weighted by Gasteiger charge is -2.13. The molecule has 3 heterocycles. The molecular formula is C20H19N5O3S. The second kappa shape index (κ2) is 8.36. The molecular weight excluding hydrogens is 390 g/mol. The molecule has 0 unspecified atom stereocenters. The average molecular weight is 409 g/mol. The van der Waals surface area contributed by atoms with Crippen LogP contribution in [0.1, 0.15) is 39.3 Å². The molecule has 0 bridgehead atoms. The van der Waals surface area contributed by atoms with Crippen LogP contribution in [0, 0.1) is 0 Å². The quantitative estimate of drug-likeness (QED) is 0.575. The molecule has 0 radical (unpaired) electrons. The summed E-state index contributed by atoms with van der Waals surface area (Å²) in [6.45, 7) is 0.715. The van der Waals surface area contributed by atoms with Crippen LogP contribution in [0.25, 0.3) is 5.13 Å². The number of hydrogen-bond acceptors (Lipinski definition) is 6. The van der Waals surface area contributed by atoms with Gasteiger partial charge in [-0.2, -0.15) is 5.10 Å². The van der Waals surface area contributed by atoms with Gasteiger partial charge in [-0.25, -0.2) is 9.67 Å². The van der Waals surface area contributed by atoms with Crippen LogP contribution in [0.15, 0.2) is 48.1 Å². The highest BCUT2D eigenvalue weighted by molar-refractivity contribution is 7.12. The maximum Gasteiger partial charge on any atom is 0.261 e. The maximum atomic E-state index is 12.3. The molecule has 1 aliphatic rings. The normalized spacial score (nSPS) is 13.0.